The third-order valence-electron chi connectivity index (χ3n) is 4.99. The number of imide groups is 1. The lowest BCUT2D eigenvalue weighted by Gasteiger charge is -2.31. The average molecular weight is 451 g/mol. The van der Waals surface area contributed by atoms with E-state index in [1.54, 1.807) is 0 Å². The van der Waals surface area contributed by atoms with Crippen LogP contribution in [0, 0.1) is 0 Å². The normalized spacial score (nSPS) is 20.6. The summed E-state index contributed by atoms with van der Waals surface area (Å²) in [6, 6.07) is 5.93. The molecule has 1 aromatic heterocycles. The van der Waals surface area contributed by atoms with E-state index in [0.717, 1.165) is 4.90 Å². The Morgan fingerprint density at radius 2 is 1.67 bits per heavy atom. The van der Waals surface area contributed by atoms with Crippen molar-refractivity contribution in [3.63, 3.8) is 0 Å². The van der Waals surface area contributed by atoms with Gasteiger partial charge in [0, 0.05) is 19.4 Å². The highest BCUT2D eigenvalue weighted by Crippen LogP contribution is 2.27. The van der Waals surface area contributed by atoms with Crippen LogP contribution in [0.5, 0.6) is 6.01 Å². The lowest BCUT2D eigenvalue weighted by molar-refractivity contribution is -0.121. The van der Waals surface area contributed by atoms with E-state index in [4.69, 9.17) is 16.3 Å². The highest BCUT2D eigenvalue weighted by Gasteiger charge is 2.33. The number of hydrogen-bond donors (Lipinski definition) is 0. The van der Waals surface area contributed by atoms with Gasteiger partial charge >= 0.3 is 6.01 Å². The second-order valence-electron chi connectivity index (χ2n) is 7.05. The molecule has 30 heavy (non-hydrogen) atoms. The molecule has 0 N–H and O–H groups in total. The summed E-state index contributed by atoms with van der Waals surface area (Å²) < 4.78 is 33.2. The Kier molecular flexibility index (Phi) is 5.72. The molecule has 11 heteroatoms. The number of ether oxygens (including phenoxy) is 1. The molecule has 2 aromatic rings. The molecule has 0 bridgehead atoms. The first-order chi connectivity index (χ1) is 14.3. The highest BCUT2D eigenvalue weighted by atomic mass is 35.5. The van der Waals surface area contributed by atoms with Crippen LogP contribution in [-0.4, -0.2) is 53.7 Å². The van der Waals surface area contributed by atoms with Crippen LogP contribution in [0.3, 0.4) is 0 Å². The lowest BCUT2D eigenvalue weighted by atomic mass is 10.1. The number of carbonyl (C=O) groups excluding carboxylic acids is 2. The lowest BCUT2D eigenvalue weighted by Crippen LogP contribution is -2.44. The minimum Gasteiger partial charge on any atom is -0.459 e. The monoisotopic (exact) mass is 450 g/mol. The van der Waals surface area contributed by atoms with E-state index in [1.807, 2.05) is 0 Å². The van der Waals surface area contributed by atoms with Crippen molar-refractivity contribution in [1.82, 2.24) is 14.3 Å². The van der Waals surface area contributed by atoms with E-state index < -0.39 is 10.0 Å². The third-order valence-corrected chi connectivity index (χ3v) is 7.07. The fourth-order valence-electron chi connectivity index (χ4n) is 3.51. The summed E-state index contributed by atoms with van der Waals surface area (Å²) in [6.07, 6.45) is 4.10. The maximum absolute atomic E-state index is 13.1. The number of sulfonamides is 1. The topological polar surface area (TPSA) is 110 Å². The SMILES string of the molecule is O=C1CCC(=O)N1c1ccc(S(=O)(=O)N2CCCC(Oc3ncc(Cl)cn3)C2)cc1. The molecule has 1 unspecified atom stereocenters. The molecular weight excluding hydrogens is 432 g/mol. The van der Waals surface area contributed by atoms with Gasteiger partial charge < -0.3 is 4.74 Å². The number of anilines is 1. The number of hydrogen-bond acceptors (Lipinski definition) is 7. The number of aromatic nitrogens is 2. The van der Waals surface area contributed by atoms with Gasteiger partial charge in [-0.1, -0.05) is 11.6 Å². The standard InChI is InChI=1S/C19H19ClN4O5S/c20-13-10-21-19(22-11-13)29-15-2-1-9-23(12-15)30(27,28)16-5-3-14(4-6-16)24-17(25)7-8-18(24)26/h3-6,10-11,15H,1-2,7-9,12H2. The van der Waals surface area contributed by atoms with Crippen LogP contribution in [0.2, 0.25) is 5.02 Å². The number of piperidine rings is 1. The summed E-state index contributed by atoms with van der Waals surface area (Å²) in [4.78, 5) is 32.9. The smallest absolute Gasteiger partial charge is 0.316 e. The summed E-state index contributed by atoms with van der Waals surface area (Å²) >= 11 is 5.77. The van der Waals surface area contributed by atoms with Gasteiger partial charge in [0.25, 0.3) is 0 Å². The minimum absolute atomic E-state index is 0.0914. The zero-order valence-corrected chi connectivity index (χ0v) is 17.5. The van der Waals surface area contributed by atoms with Gasteiger partial charge in [0.15, 0.2) is 0 Å². The highest BCUT2D eigenvalue weighted by molar-refractivity contribution is 7.89. The van der Waals surface area contributed by atoms with Gasteiger partial charge in [0.2, 0.25) is 21.8 Å². The molecular formula is C19H19ClN4O5S. The van der Waals surface area contributed by atoms with Crippen molar-refractivity contribution in [3.8, 4) is 6.01 Å². The fourth-order valence-corrected chi connectivity index (χ4v) is 5.12. The summed E-state index contributed by atoms with van der Waals surface area (Å²) in [5.41, 5.74) is 0.376. The summed E-state index contributed by atoms with van der Waals surface area (Å²) in [5, 5.41) is 0.385. The van der Waals surface area contributed by atoms with Crippen molar-refractivity contribution in [2.24, 2.45) is 0 Å². The van der Waals surface area contributed by atoms with Crippen molar-refractivity contribution >= 4 is 39.1 Å². The van der Waals surface area contributed by atoms with Crippen molar-refractivity contribution in [3.05, 3.63) is 41.7 Å². The zero-order valence-electron chi connectivity index (χ0n) is 15.9. The molecule has 9 nitrogen and oxygen atoms in total. The van der Waals surface area contributed by atoms with E-state index in [1.165, 1.54) is 41.0 Å². The Balaban J connectivity index is 1.47. The number of nitrogens with zero attached hydrogens (tertiary/aromatic N) is 4. The van der Waals surface area contributed by atoms with E-state index >= 15 is 0 Å². The van der Waals surface area contributed by atoms with Gasteiger partial charge in [0.05, 0.1) is 34.5 Å². The van der Waals surface area contributed by atoms with E-state index in [9.17, 15) is 18.0 Å². The van der Waals surface area contributed by atoms with Crippen LogP contribution in [0.4, 0.5) is 5.69 Å². The van der Waals surface area contributed by atoms with Gasteiger partial charge in [-0.15, -0.1) is 0 Å². The molecule has 3 heterocycles. The summed E-state index contributed by atoms with van der Waals surface area (Å²) in [6.45, 7) is 0.535. The predicted octanol–water partition coefficient (Wildman–Crippen LogP) is 2.02. The molecule has 0 spiro atoms. The first-order valence-corrected chi connectivity index (χ1v) is 11.3. The van der Waals surface area contributed by atoms with Crippen LogP contribution in [0.1, 0.15) is 25.7 Å². The molecule has 0 saturated carbocycles. The first kappa shape index (κ1) is 20.7. The second kappa shape index (κ2) is 8.29. The minimum atomic E-state index is -3.76. The molecule has 0 aliphatic carbocycles. The molecule has 158 valence electrons. The maximum Gasteiger partial charge on any atom is 0.316 e. The Labute approximate surface area is 178 Å². The predicted molar refractivity (Wildman–Crippen MR) is 108 cm³/mol. The Morgan fingerprint density at radius 1 is 1.03 bits per heavy atom. The van der Waals surface area contributed by atoms with Gasteiger partial charge in [-0.25, -0.2) is 18.4 Å². The second-order valence-corrected chi connectivity index (χ2v) is 9.42. The summed E-state index contributed by atoms with van der Waals surface area (Å²) in [7, 11) is -3.76. The van der Waals surface area contributed by atoms with Crippen molar-refractivity contribution in [2.75, 3.05) is 18.0 Å². The molecule has 2 aliphatic heterocycles. The fraction of sp³-hybridized carbons (Fsp3) is 0.368. The number of carbonyl (C=O) groups is 2. The number of benzene rings is 1. The first-order valence-electron chi connectivity index (χ1n) is 9.45. The Bertz CT molecular complexity index is 1040. The largest absolute Gasteiger partial charge is 0.459 e. The van der Waals surface area contributed by atoms with E-state index in [-0.39, 0.29) is 48.2 Å². The zero-order chi connectivity index (χ0) is 21.3. The van der Waals surface area contributed by atoms with Crippen LogP contribution >= 0.6 is 11.6 Å². The van der Waals surface area contributed by atoms with Gasteiger partial charge in [-0.3, -0.25) is 14.5 Å². The van der Waals surface area contributed by atoms with Gasteiger partial charge in [-0.2, -0.15) is 4.31 Å². The Hall–Kier alpha value is -2.56. The molecule has 2 fully saturated rings. The maximum atomic E-state index is 13.1. The molecule has 1 aromatic carbocycles. The third kappa shape index (κ3) is 4.16. The van der Waals surface area contributed by atoms with E-state index in [2.05, 4.69) is 9.97 Å². The summed E-state index contributed by atoms with van der Waals surface area (Å²) in [5.74, 6) is -0.563. The molecule has 2 amide bonds. The quantitative estimate of drug-likeness (QED) is 0.641. The molecule has 1 atom stereocenters. The Morgan fingerprint density at radius 3 is 2.30 bits per heavy atom. The van der Waals surface area contributed by atoms with Crippen LogP contribution < -0.4 is 9.64 Å². The van der Waals surface area contributed by atoms with Crippen LogP contribution in [-0.2, 0) is 19.6 Å². The molecule has 0 radical (unpaired) electrons. The molecule has 4 rings (SSSR count). The molecule has 2 saturated heterocycles. The number of amides is 2. The van der Waals surface area contributed by atoms with Crippen LogP contribution in [0.15, 0.2) is 41.6 Å². The number of halogens is 1. The molecule has 2 aliphatic rings. The average Bonchev–Trinajstić information content (AvgIpc) is 3.08. The van der Waals surface area contributed by atoms with Crippen molar-refractivity contribution < 1.29 is 22.7 Å². The van der Waals surface area contributed by atoms with Crippen molar-refractivity contribution in [2.45, 2.75) is 36.7 Å². The number of rotatable bonds is 5. The van der Waals surface area contributed by atoms with Gasteiger partial charge in [0.1, 0.15) is 6.10 Å². The van der Waals surface area contributed by atoms with Crippen LogP contribution in [0.25, 0.3) is 0 Å². The van der Waals surface area contributed by atoms with Gasteiger partial charge in [-0.05, 0) is 37.1 Å². The van der Waals surface area contributed by atoms with Crippen molar-refractivity contribution in [1.29, 1.82) is 0 Å². The van der Waals surface area contributed by atoms with E-state index in [0.29, 0.717) is 30.1 Å².